The maximum absolute atomic E-state index is 10.1. The lowest BCUT2D eigenvalue weighted by Gasteiger charge is -2.16. The summed E-state index contributed by atoms with van der Waals surface area (Å²) >= 11 is 0. The number of nitriles is 1. The Labute approximate surface area is 316 Å². The Balaban J connectivity index is 1.10. The third kappa shape index (κ3) is 4.45. The zero-order chi connectivity index (χ0) is 36.6. The molecule has 11 aromatic rings. The predicted octanol–water partition coefficient (Wildman–Crippen LogP) is 13.1. The molecule has 0 N–H and O–H groups in total. The largest absolute Gasteiger partial charge is 0.311 e. The normalized spacial score (nSPS) is 11.6. The second-order valence-corrected chi connectivity index (χ2v) is 13.9. The number of hydrogen-bond acceptors (Lipinski definition) is 1. The van der Waals surface area contributed by atoms with E-state index in [1.807, 2.05) is 36.4 Å². The SMILES string of the molecule is [C-]#[N+]c1cccc2c1c1ccccc1n2-c1ccc(-c2ccc(C#N)cc2-n2c3ccccc3c3cc(-n4c5ccccc5c5ccccc54)ccc32)cc1. The van der Waals surface area contributed by atoms with Crippen LogP contribution in [0, 0.1) is 17.9 Å². The van der Waals surface area contributed by atoms with Crippen molar-refractivity contribution in [3.63, 3.8) is 0 Å². The molecule has 0 amide bonds. The molecule has 0 aliphatic carbocycles. The minimum Gasteiger partial charge on any atom is -0.311 e. The number of fused-ring (bicyclic) bond motifs is 9. The molecule has 0 aliphatic heterocycles. The van der Waals surface area contributed by atoms with Gasteiger partial charge >= 0.3 is 0 Å². The standard InChI is InChI=1S/C50H29N5/c1-52-42-15-10-20-48-50(42)40-14-5-9-19-46(40)53(48)34-24-22-33(23-25-34)36-27-21-32(31-51)29-49(36)55-45-18-8-4-13-39(45)41-30-35(26-28-47(41)55)54-43-16-6-2-11-37(43)38-12-3-7-17-44(38)54/h2-30H. The van der Waals surface area contributed by atoms with E-state index in [1.165, 1.54) is 21.8 Å². The molecule has 5 heteroatoms. The monoisotopic (exact) mass is 699 g/mol. The van der Waals surface area contributed by atoms with Crippen LogP contribution >= 0.6 is 0 Å². The smallest absolute Gasteiger partial charge is 0.197 e. The van der Waals surface area contributed by atoms with E-state index < -0.39 is 0 Å². The first-order chi connectivity index (χ1) is 27.2. The molecular weight excluding hydrogens is 671 g/mol. The fourth-order valence-corrected chi connectivity index (χ4v) is 8.75. The lowest BCUT2D eigenvalue weighted by atomic mass is 10.0. The summed E-state index contributed by atoms with van der Waals surface area (Å²) in [5.41, 5.74) is 12.9. The Morgan fingerprint density at radius 1 is 0.436 bits per heavy atom. The lowest BCUT2D eigenvalue weighted by molar-refractivity contribution is 1.16. The molecule has 0 bridgehead atoms. The molecule has 0 fully saturated rings. The van der Waals surface area contributed by atoms with Crippen molar-refractivity contribution < 1.29 is 0 Å². The van der Waals surface area contributed by atoms with E-state index >= 15 is 0 Å². The van der Waals surface area contributed by atoms with Crippen molar-refractivity contribution in [2.24, 2.45) is 0 Å². The van der Waals surface area contributed by atoms with Crippen molar-refractivity contribution >= 4 is 71.1 Å². The van der Waals surface area contributed by atoms with Crippen LogP contribution in [0.4, 0.5) is 5.69 Å². The highest BCUT2D eigenvalue weighted by atomic mass is 15.0. The van der Waals surface area contributed by atoms with Gasteiger partial charge in [0.05, 0.1) is 51.5 Å². The molecule has 3 heterocycles. The average Bonchev–Trinajstić information content (AvgIpc) is 3.89. The van der Waals surface area contributed by atoms with Gasteiger partial charge in [-0.15, -0.1) is 0 Å². The van der Waals surface area contributed by atoms with Crippen molar-refractivity contribution in [3.05, 3.63) is 193 Å². The number of hydrogen-bond donors (Lipinski definition) is 0. The van der Waals surface area contributed by atoms with E-state index in [9.17, 15) is 5.26 Å². The molecule has 0 radical (unpaired) electrons. The van der Waals surface area contributed by atoms with Crippen LogP contribution in [0.25, 0.3) is 98.5 Å². The van der Waals surface area contributed by atoms with Gasteiger partial charge in [-0.1, -0.05) is 103 Å². The average molecular weight is 700 g/mol. The van der Waals surface area contributed by atoms with Gasteiger partial charge in [0.25, 0.3) is 0 Å². The van der Waals surface area contributed by atoms with Crippen molar-refractivity contribution in [2.45, 2.75) is 0 Å². The summed E-state index contributed by atoms with van der Waals surface area (Å²) in [6.45, 7) is 7.84. The molecule has 11 rings (SSSR count). The minimum atomic E-state index is 0.601. The van der Waals surface area contributed by atoms with E-state index in [0.717, 1.165) is 71.8 Å². The van der Waals surface area contributed by atoms with E-state index in [4.69, 9.17) is 6.57 Å². The highest BCUT2D eigenvalue weighted by Crippen LogP contribution is 2.41. The molecule has 55 heavy (non-hydrogen) atoms. The lowest BCUT2D eigenvalue weighted by Crippen LogP contribution is -1.99. The quantitative estimate of drug-likeness (QED) is 0.169. The topological polar surface area (TPSA) is 42.9 Å². The number of para-hydroxylation sites is 4. The molecule has 0 atom stereocenters. The Morgan fingerprint density at radius 2 is 0.964 bits per heavy atom. The molecular formula is C50H29N5. The van der Waals surface area contributed by atoms with Crippen molar-refractivity contribution in [1.82, 2.24) is 13.7 Å². The van der Waals surface area contributed by atoms with Crippen LogP contribution in [-0.4, -0.2) is 13.7 Å². The van der Waals surface area contributed by atoms with E-state index in [-0.39, 0.29) is 0 Å². The highest BCUT2D eigenvalue weighted by molar-refractivity contribution is 6.15. The second-order valence-electron chi connectivity index (χ2n) is 13.9. The minimum absolute atomic E-state index is 0.601. The Kier molecular flexibility index (Phi) is 6.61. The molecule has 0 spiro atoms. The van der Waals surface area contributed by atoms with Gasteiger partial charge in [-0.05, 0) is 83.7 Å². The van der Waals surface area contributed by atoms with Crippen molar-refractivity contribution in [3.8, 4) is 34.3 Å². The van der Waals surface area contributed by atoms with Gasteiger partial charge in [0.15, 0.2) is 5.69 Å². The zero-order valence-electron chi connectivity index (χ0n) is 29.5. The zero-order valence-corrected chi connectivity index (χ0v) is 29.5. The van der Waals surface area contributed by atoms with Gasteiger partial charge in [0.1, 0.15) is 0 Å². The van der Waals surface area contributed by atoms with Crippen LogP contribution in [0.15, 0.2) is 176 Å². The third-order valence-corrected chi connectivity index (χ3v) is 11.1. The highest BCUT2D eigenvalue weighted by Gasteiger charge is 2.20. The van der Waals surface area contributed by atoms with Crippen molar-refractivity contribution in [2.75, 3.05) is 0 Å². The maximum Gasteiger partial charge on any atom is 0.197 e. The Bertz CT molecular complexity index is 3400. The summed E-state index contributed by atoms with van der Waals surface area (Å²) in [5.74, 6) is 0. The fraction of sp³-hybridized carbons (Fsp3) is 0. The predicted molar refractivity (Wildman–Crippen MR) is 226 cm³/mol. The van der Waals surface area contributed by atoms with Crippen LogP contribution in [0.3, 0.4) is 0 Å². The molecule has 0 aliphatic rings. The van der Waals surface area contributed by atoms with E-state index in [1.54, 1.807) is 0 Å². The molecule has 8 aromatic carbocycles. The number of nitrogens with zero attached hydrogens (tertiary/aromatic N) is 5. The maximum atomic E-state index is 10.1. The summed E-state index contributed by atoms with van der Waals surface area (Å²) in [7, 11) is 0. The van der Waals surface area contributed by atoms with Crippen LogP contribution in [0.5, 0.6) is 0 Å². The Hall–Kier alpha value is -7.86. The molecule has 3 aromatic heterocycles. The van der Waals surface area contributed by atoms with Gasteiger partial charge in [-0.2, -0.15) is 5.26 Å². The summed E-state index contributed by atoms with van der Waals surface area (Å²) in [6.07, 6.45) is 0. The van der Waals surface area contributed by atoms with Gasteiger partial charge in [-0.3, -0.25) is 0 Å². The molecule has 0 saturated carbocycles. The molecule has 0 unspecified atom stereocenters. The van der Waals surface area contributed by atoms with Crippen LogP contribution < -0.4 is 0 Å². The van der Waals surface area contributed by atoms with Crippen LogP contribution in [-0.2, 0) is 0 Å². The number of benzene rings is 8. The second kappa shape index (κ2) is 11.8. The molecule has 254 valence electrons. The van der Waals surface area contributed by atoms with Gasteiger partial charge < -0.3 is 13.7 Å². The van der Waals surface area contributed by atoms with Gasteiger partial charge in [-0.25, -0.2) is 4.85 Å². The summed E-state index contributed by atoms with van der Waals surface area (Å²) in [5, 5.41) is 16.9. The van der Waals surface area contributed by atoms with Gasteiger partial charge in [0.2, 0.25) is 0 Å². The summed E-state index contributed by atoms with van der Waals surface area (Å²) < 4.78 is 6.91. The summed E-state index contributed by atoms with van der Waals surface area (Å²) in [4.78, 5) is 3.85. The van der Waals surface area contributed by atoms with E-state index in [0.29, 0.717) is 11.3 Å². The molecule has 0 saturated heterocycles. The van der Waals surface area contributed by atoms with E-state index in [2.05, 4.69) is 164 Å². The third-order valence-electron chi connectivity index (χ3n) is 11.1. The summed E-state index contributed by atoms with van der Waals surface area (Å²) in [6, 6.07) is 63.7. The van der Waals surface area contributed by atoms with Crippen LogP contribution in [0.2, 0.25) is 0 Å². The number of rotatable bonds is 4. The van der Waals surface area contributed by atoms with Gasteiger partial charge in [0, 0.05) is 49.4 Å². The fourth-order valence-electron chi connectivity index (χ4n) is 8.75. The Morgan fingerprint density at radius 3 is 1.62 bits per heavy atom. The first-order valence-electron chi connectivity index (χ1n) is 18.3. The first-order valence-corrected chi connectivity index (χ1v) is 18.3. The number of aromatic nitrogens is 3. The molecule has 5 nitrogen and oxygen atoms in total. The first kappa shape index (κ1) is 30.7. The van der Waals surface area contributed by atoms with Crippen molar-refractivity contribution in [1.29, 1.82) is 5.26 Å². The van der Waals surface area contributed by atoms with Crippen LogP contribution in [0.1, 0.15) is 5.56 Å².